The number of hydrogen-bond acceptors (Lipinski definition) is 8. The van der Waals surface area contributed by atoms with E-state index in [0.717, 1.165) is 0 Å². The van der Waals surface area contributed by atoms with Crippen LogP contribution in [0.25, 0.3) is 0 Å². The molecule has 5 atom stereocenters. The van der Waals surface area contributed by atoms with Gasteiger partial charge < -0.3 is 41.7 Å². The fourth-order valence-corrected chi connectivity index (χ4v) is 4.39. The van der Waals surface area contributed by atoms with Crippen LogP contribution in [0.15, 0.2) is 48.5 Å². The summed E-state index contributed by atoms with van der Waals surface area (Å²) < 4.78 is 0. The normalized spacial score (nSPS) is 18.0. The first-order chi connectivity index (χ1) is 18.5. The van der Waals surface area contributed by atoms with Gasteiger partial charge in [-0.15, -0.1) is 0 Å². The van der Waals surface area contributed by atoms with Gasteiger partial charge in [0, 0.05) is 19.4 Å². The minimum Gasteiger partial charge on any atom is -0.508 e. The molecular formula is C27H34N4O8. The quantitative estimate of drug-likeness (QED) is 0.198. The second-order valence-corrected chi connectivity index (χ2v) is 9.66. The second kappa shape index (κ2) is 13.1. The molecule has 0 radical (unpaired) electrons. The maximum absolute atomic E-state index is 13.5. The largest absolute Gasteiger partial charge is 0.508 e. The van der Waals surface area contributed by atoms with Crippen molar-refractivity contribution in [2.24, 2.45) is 5.73 Å². The van der Waals surface area contributed by atoms with Crippen LogP contribution in [0.5, 0.6) is 11.5 Å². The maximum atomic E-state index is 13.5. The van der Waals surface area contributed by atoms with E-state index < -0.39 is 54.0 Å². The van der Waals surface area contributed by atoms with Crippen molar-refractivity contribution in [1.29, 1.82) is 0 Å². The third-order valence-electron chi connectivity index (χ3n) is 6.64. The van der Waals surface area contributed by atoms with Crippen LogP contribution in [0.1, 0.15) is 30.9 Å². The average Bonchev–Trinajstić information content (AvgIpc) is 3.40. The molecule has 0 saturated carbocycles. The fraction of sp³-hybridized carbons (Fsp3) is 0.407. The molecule has 3 amide bonds. The third-order valence-corrected chi connectivity index (χ3v) is 6.64. The van der Waals surface area contributed by atoms with E-state index in [1.54, 1.807) is 24.3 Å². The minimum atomic E-state index is -1.31. The number of rotatable bonds is 11. The molecule has 8 N–H and O–H groups in total. The Hall–Kier alpha value is -4.16. The van der Waals surface area contributed by atoms with E-state index in [4.69, 9.17) is 5.73 Å². The number of carboxylic acid groups (broad SMARTS) is 1. The summed E-state index contributed by atoms with van der Waals surface area (Å²) in [6.07, 6.45) is -0.418. The zero-order valence-corrected chi connectivity index (χ0v) is 21.5. The summed E-state index contributed by atoms with van der Waals surface area (Å²) in [4.78, 5) is 52.6. The first-order valence-electron chi connectivity index (χ1n) is 12.6. The van der Waals surface area contributed by atoms with Crippen LogP contribution in [0, 0.1) is 0 Å². The van der Waals surface area contributed by atoms with E-state index in [0.29, 0.717) is 17.5 Å². The van der Waals surface area contributed by atoms with Gasteiger partial charge in [-0.05, 0) is 55.2 Å². The number of carbonyl (C=O) groups is 4. The molecule has 2 aromatic carbocycles. The Labute approximate surface area is 225 Å². The molecule has 39 heavy (non-hydrogen) atoms. The Kier molecular flexibility index (Phi) is 9.85. The van der Waals surface area contributed by atoms with Crippen LogP contribution in [0.4, 0.5) is 0 Å². The zero-order chi connectivity index (χ0) is 28.7. The van der Waals surface area contributed by atoms with Gasteiger partial charge in [0.15, 0.2) is 0 Å². The number of phenols is 2. The highest BCUT2D eigenvalue weighted by molar-refractivity contribution is 5.94. The number of nitrogens with zero attached hydrogens (tertiary/aromatic N) is 1. The van der Waals surface area contributed by atoms with Crippen molar-refractivity contribution in [2.45, 2.75) is 62.9 Å². The summed E-state index contributed by atoms with van der Waals surface area (Å²) in [7, 11) is 0. The first-order valence-corrected chi connectivity index (χ1v) is 12.6. The average molecular weight is 543 g/mol. The number of phenolic OH excluding ortho intramolecular Hbond substituents is 2. The Morgan fingerprint density at radius 2 is 1.38 bits per heavy atom. The Morgan fingerprint density at radius 3 is 1.87 bits per heavy atom. The van der Waals surface area contributed by atoms with Gasteiger partial charge in [0.2, 0.25) is 17.7 Å². The van der Waals surface area contributed by atoms with Gasteiger partial charge >= 0.3 is 5.97 Å². The number of hydrogen-bond donors (Lipinski definition) is 7. The fourth-order valence-electron chi connectivity index (χ4n) is 4.39. The zero-order valence-electron chi connectivity index (χ0n) is 21.5. The van der Waals surface area contributed by atoms with Gasteiger partial charge in [-0.25, -0.2) is 4.79 Å². The number of nitrogens with two attached hydrogens (primary N) is 1. The van der Waals surface area contributed by atoms with Gasteiger partial charge in [-0.2, -0.15) is 0 Å². The van der Waals surface area contributed by atoms with E-state index in [2.05, 4.69) is 10.6 Å². The number of aromatic hydroxyl groups is 2. The summed E-state index contributed by atoms with van der Waals surface area (Å²) in [6, 6.07) is 7.28. The molecule has 12 heteroatoms. The lowest BCUT2D eigenvalue weighted by molar-refractivity contribution is -0.149. The number of aliphatic carboxylic acids is 1. The molecule has 1 saturated heterocycles. The lowest BCUT2D eigenvalue weighted by atomic mass is 10.0. The summed E-state index contributed by atoms with van der Waals surface area (Å²) in [5, 5.41) is 43.7. The van der Waals surface area contributed by atoms with Crippen molar-refractivity contribution in [3.8, 4) is 11.5 Å². The molecule has 1 fully saturated rings. The number of likely N-dealkylation sites (tertiary alicyclic amines) is 1. The van der Waals surface area contributed by atoms with Crippen LogP contribution >= 0.6 is 0 Å². The number of amides is 3. The molecule has 210 valence electrons. The summed E-state index contributed by atoms with van der Waals surface area (Å²) in [5.74, 6) is -3.20. The lowest BCUT2D eigenvalue weighted by Gasteiger charge is -2.29. The number of aliphatic hydroxyl groups excluding tert-OH is 1. The predicted octanol–water partition coefficient (Wildman–Crippen LogP) is -0.364. The molecule has 1 aliphatic heterocycles. The van der Waals surface area contributed by atoms with Crippen molar-refractivity contribution in [3.63, 3.8) is 0 Å². The van der Waals surface area contributed by atoms with E-state index in [-0.39, 0.29) is 37.3 Å². The number of benzene rings is 2. The number of nitrogens with one attached hydrogen (secondary N) is 2. The topological polar surface area (TPSA) is 203 Å². The van der Waals surface area contributed by atoms with Crippen LogP contribution in [-0.4, -0.2) is 85.8 Å². The second-order valence-electron chi connectivity index (χ2n) is 9.66. The SMILES string of the molecule is CC(O)C(N)C(=O)NC(Cc1ccc(O)cc1)C(=O)NC(Cc1ccc(O)cc1)C(=O)N1CCCC1C(=O)O. The monoisotopic (exact) mass is 542 g/mol. The van der Waals surface area contributed by atoms with Gasteiger partial charge in [0.05, 0.1) is 6.10 Å². The van der Waals surface area contributed by atoms with Crippen molar-refractivity contribution in [1.82, 2.24) is 15.5 Å². The Bertz CT molecular complexity index is 1170. The van der Waals surface area contributed by atoms with Crippen molar-refractivity contribution in [3.05, 3.63) is 59.7 Å². The van der Waals surface area contributed by atoms with Gasteiger partial charge in [-0.3, -0.25) is 14.4 Å². The molecule has 3 rings (SSSR count). The van der Waals surface area contributed by atoms with Crippen LogP contribution in [0.3, 0.4) is 0 Å². The standard InChI is InChI=1S/C27H34N4O8/c1-15(32)23(28)25(36)29-20(13-16-4-8-18(33)9-5-16)24(35)30-21(14-17-6-10-19(34)11-7-17)26(37)31-12-2-3-22(31)27(38)39/h4-11,15,20-23,32-34H,2-3,12-14,28H2,1H3,(H,29,36)(H,30,35)(H,38,39). The van der Waals surface area contributed by atoms with Crippen LogP contribution in [0.2, 0.25) is 0 Å². The van der Waals surface area contributed by atoms with Crippen molar-refractivity contribution in [2.75, 3.05) is 6.54 Å². The van der Waals surface area contributed by atoms with E-state index >= 15 is 0 Å². The smallest absolute Gasteiger partial charge is 0.326 e. The van der Waals surface area contributed by atoms with Crippen LogP contribution < -0.4 is 16.4 Å². The molecule has 12 nitrogen and oxygen atoms in total. The molecule has 0 spiro atoms. The Morgan fingerprint density at radius 1 is 0.897 bits per heavy atom. The van der Waals surface area contributed by atoms with E-state index in [9.17, 15) is 39.6 Å². The minimum absolute atomic E-state index is 0.000750. The van der Waals surface area contributed by atoms with Gasteiger partial charge in [-0.1, -0.05) is 24.3 Å². The van der Waals surface area contributed by atoms with Gasteiger partial charge in [0.1, 0.15) is 35.7 Å². The molecule has 0 aliphatic carbocycles. The lowest BCUT2D eigenvalue weighted by Crippen LogP contribution is -2.59. The highest BCUT2D eigenvalue weighted by Crippen LogP contribution is 2.21. The number of aliphatic hydroxyl groups is 1. The highest BCUT2D eigenvalue weighted by atomic mass is 16.4. The number of carboxylic acids is 1. The van der Waals surface area contributed by atoms with Crippen molar-refractivity contribution >= 4 is 23.7 Å². The van der Waals surface area contributed by atoms with Gasteiger partial charge in [0.25, 0.3) is 0 Å². The molecule has 0 bridgehead atoms. The van der Waals surface area contributed by atoms with Crippen LogP contribution in [-0.2, 0) is 32.0 Å². The van der Waals surface area contributed by atoms with E-state index in [1.807, 2.05) is 0 Å². The molecule has 5 unspecified atom stereocenters. The molecule has 1 aliphatic rings. The summed E-state index contributed by atoms with van der Waals surface area (Å²) >= 11 is 0. The Balaban J connectivity index is 1.88. The number of carbonyl (C=O) groups excluding carboxylic acids is 3. The first kappa shape index (κ1) is 29.4. The third kappa shape index (κ3) is 7.91. The molecule has 1 heterocycles. The molecule has 2 aromatic rings. The molecule has 0 aromatic heterocycles. The van der Waals surface area contributed by atoms with E-state index in [1.165, 1.54) is 36.1 Å². The predicted molar refractivity (Wildman–Crippen MR) is 140 cm³/mol. The van der Waals surface area contributed by atoms with Crippen molar-refractivity contribution < 1.29 is 39.6 Å². The summed E-state index contributed by atoms with van der Waals surface area (Å²) in [5.41, 5.74) is 6.94. The maximum Gasteiger partial charge on any atom is 0.326 e. The summed E-state index contributed by atoms with van der Waals surface area (Å²) in [6.45, 7) is 1.55. The molecular weight excluding hydrogens is 508 g/mol. The highest BCUT2D eigenvalue weighted by Gasteiger charge is 2.38.